The minimum absolute atomic E-state index is 0.0182. The highest BCUT2D eigenvalue weighted by Gasteiger charge is 2.53. The summed E-state index contributed by atoms with van der Waals surface area (Å²) in [6.45, 7) is 0.148. The smallest absolute Gasteiger partial charge is 0.244 e. The number of hydrogen-bond donors (Lipinski definition) is 1. The molecule has 2 N–H and O–H groups in total. The average molecular weight is 510 g/mol. The molecule has 3 unspecified atom stereocenters. The van der Waals surface area contributed by atoms with Crippen LogP contribution in [0.4, 0.5) is 0 Å². The Balaban J connectivity index is 1.67. The molecule has 0 spiro atoms. The molecule has 0 saturated carbocycles. The van der Waals surface area contributed by atoms with Gasteiger partial charge in [0, 0.05) is 19.1 Å². The van der Waals surface area contributed by atoms with Crippen LogP contribution in [0.25, 0.3) is 0 Å². The van der Waals surface area contributed by atoms with Crippen molar-refractivity contribution in [3.05, 3.63) is 48.5 Å². The van der Waals surface area contributed by atoms with Gasteiger partial charge in [-0.1, -0.05) is 0 Å². The van der Waals surface area contributed by atoms with Gasteiger partial charge in [0.15, 0.2) is 0 Å². The van der Waals surface area contributed by atoms with Gasteiger partial charge in [-0.3, -0.25) is 4.79 Å². The van der Waals surface area contributed by atoms with Crippen LogP contribution in [0.2, 0.25) is 0 Å². The van der Waals surface area contributed by atoms with Crippen molar-refractivity contribution in [2.75, 3.05) is 27.3 Å². The summed E-state index contributed by atoms with van der Waals surface area (Å²) in [5, 5.41) is 0. The van der Waals surface area contributed by atoms with Gasteiger partial charge in [-0.25, -0.2) is 16.8 Å². The van der Waals surface area contributed by atoms with Crippen molar-refractivity contribution >= 4 is 26.0 Å². The lowest BCUT2D eigenvalue weighted by atomic mass is 9.92. The van der Waals surface area contributed by atoms with E-state index >= 15 is 0 Å². The zero-order valence-corrected chi connectivity index (χ0v) is 20.5. The molecule has 2 aromatic carbocycles. The number of amides is 1. The fourth-order valence-corrected chi connectivity index (χ4v) is 8.02. The molecule has 3 atom stereocenters. The summed E-state index contributed by atoms with van der Waals surface area (Å²) in [5.41, 5.74) is 5.59. The summed E-state index contributed by atoms with van der Waals surface area (Å²) in [4.78, 5) is 12.3. The van der Waals surface area contributed by atoms with Crippen molar-refractivity contribution in [1.29, 1.82) is 0 Å². The first kappa shape index (κ1) is 24.5. The van der Waals surface area contributed by atoms with E-state index in [-0.39, 0.29) is 35.2 Å². The SMILES string of the molecule is COc1ccc(S(=O)(=O)N2CCC3CC(C(N)=O)N(S(=O)(=O)c4ccc(OC)cc4)C3C2)cc1. The molecule has 0 aliphatic carbocycles. The first-order valence-electron chi connectivity index (χ1n) is 10.7. The first-order chi connectivity index (χ1) is 16.1. The molecule has 0 aromatic heterocycles. The van der Waals surface area contributed by atoms with Gasteiger partial charge in [0.05, 0.1) is 24.0 Å². The number of nitrogens with two attached hydrogens (primary N) is 1. The van der Waals surface area contributed by atoms with Crippen LogP contribution >= 0.6 is 0 Å². The maximum atomic E-state index is 13.6. The molecule has 10 nitrogen and oxygen atoms in total. The molecule has 2 aliphatic rings. The quantitative estimate of drug-likeness (QED) is 0.589. The normalized spacial score (nSPS) is 23.9. The third-order valence-corrected chi connectivity index (χ3v) is 10.3. The number of nitrogens with zero attached hydrogens (tertiary/aromatic N) is 2. The van der Waals surface area contributed by atoms with E-state index in [1.807, 2.05) is 0 Å². The molecule has 2 heterocycles. The average Bonchev–Trinajstić information content (AvgIpc) is 3.24. The molecule has 0 bridgehead atoms. The van der Waals surface area contributed by atoms with E-state index in [0.29, 0.717) is 17.9 Å². The van der Waals surface area contributed by atoms with E-state index in [0.717, 1.165) is 4.31 Å². The molecule has 2 saturated heterocycles. The van der Waals surface area contributed by atoms with Crippen LogP contribution in [-0.4, -0.2) is 70.7 Å². The van der Waals surface area contributed by atoms with Crippen molar-refractivity contribution in [3.8, 4) is 11.5 Å². The topological polar surface area (TPSA) is 136 Å². The predicted molar refractivity (Wildman–Crippen MR) is 123 cm³/mol. The Morgan fingerprint density at radius 1 is 0.882 bits per heavy atom. The largest absolute Gasteiger partial charge is 0.497 e. The van der Waals surface area contributed by atoms with Crippen LogP contribution in [0, 0.1) is 5.92 Å². The highest BCUT2D eigenvalue weighted by atomic mass is 32.2. The number of carbonyl (C=O) groups excluding carboxylic acids is 1. The molecule has 2 aromatic rings. The Labute approximate surface area is 199 Å². The summed E-state index contributed by atoms with van der Waals surface area (Å²) in [6, 6.07) is 10.1. The van der Waals surface area contributed by atoms with Crippen molar-refractivity contribution in [2.45, 2.75) is 34.7 Å². The third-order valence-electron chi connectivity index (χ3n) is 6.50. The summed E-state index contributed by atoms with van der Waals surface area (Å²) in [6.07, 6.45) is 0.671. The molecule has 34 heavy (non-hydrogen) atoms. The molecule has 12 heteroatoms. The Hall–Kier alpha value is -2.67. The number of ether oxygens (including phenoxy) is 2. The van der Waals surface area contributed by atoms with E-state index in [1.165, 1.54) is 54.9 Å². The van der Waals surface area contributed by atoms with Crippen LogP contribution < -0.4 is 15.2 Å². The Bertz CT molecular complexity index is 1260. The summed E-state index contributed by atoms with van der Waals surface area (Å²) in [5.74, 6) is 0.0672. The van der Waals surface area contributed by atoms with Gasteiger partial charge in [-0.05, 0) is 67.3 Å². The highest BCUT2D eigenvalue weighted by Crippen LogP contribution is 2.41. The van der Waals surface area contributed by atoms with Crippen LogP contribution in [0.1, 0.15) is 12.8 Å². The molecule has 184 valence electrons. The van der Waals surface area contributed by atoms with E-state index < -0.39 is 38.0 Å². The Morgan fingerprint density at radius 3 is 1.85 bits per heavy atom. The molecular formula is C22H27N3O7S2. The van der Waals surface area contributed by atoms with E-state index in [2.05, 4.69) is 0 Å². The minimum atomic E-state index is -4.13. The van der Waals surface area contributed by atoms with E-state index in [9.17, 15) is 21.6 Å². The van der Waals surface area contributed by atoms with Crippen molar-refractivity contribution < 1.29 is 31.1 Å². The first-order valence-corrected chi connectivity index (χ1v) is 13.6. The lowest BCUT2D eigenvalue weighted by molar-refractivity contribution is -0.121. The summed E-state index contributed by atoms with van der Waals surface area (Å²) >= 11 is 0. The zero-order valence-electron chi connectivity index (χ0n) is 18.8. The number of hydrogen-bond acceptors (Lipinski definition) is 7. The Morgan fingerprint density at radius 2 is 1.38 bits per heavy atom. The van der Waals surface area contributed by atoms with Crippen LogP contribution in [0.5, 0.6) is 11.5 Å². The minimum Gasteiger partial charge on any atom is -0.497 e. The second-order valence-electron chi connectivity index (χ2n) is 8.32. The van der Waals surface area contributed by atoms with Gasteiger partial charge in [0.25, 0.3) is 0 Å². The van der Waals surface area contributed by atoms with Crippen molar-refractivity contribution in [1.82, 2.24) is 8.61 Å². The molecule has 4 rings (SSSR count). The number of rotatable bonds is 7. The maximum Gasteiger partial charge on any atom is 0.244 e. The Kier molecular flexibility index (Phi) is 6.60. The number of carbonyl (C=O) groups is 1. The lowest BCUT2D eigenvalue weighted by Crippen LogP contribution is -2.54. The summed E-state index contributed by atoms with van der Waals surface area (Å²) < 4.78 is 66.4. The zero-order chi connectivity index (χ0) is 24.7. The van der Waals surface area contributed by atoms with Gasteiger partial charge in [-0.2, -0.15) is 8.61 Å². The maximum absolute atomic E-state index is 13.6. The number of methoxy groups -OCH3 is 2. The fourth-order valence-electron chi connectivity index (χ4n) is 4.71. The van der Waals surface area contributed by atoms with E-state index in [4.69, 9.17) is 15.2 Å². The van der Waals surface area contributed by atoms with Crippen molar-refractivity contribution in [2.24, 2.45) is 11.7 Å². The van der Waals surface area contributed by atoms with Gasteiger partial charge < -0.3 is 15.2 Å². The lowest BCUT2D eigenvalue weighted by Gasteiger charge is -2.37. The predicted octanol–water partition coefficient (Wildman–Crippen LogP) is 1.03. The summed E-state index contributed by atoms with van der Waals surface area (Å²) in [7, 11) is -5.06. The molecule has 1 amide bonds. The third kappa shape index (κ3) is 4.26. The second-order valence-corrected chi connectivity index (χ2v) is 12.1. The van der Waals surface area contributed by atoms with Gasteiger partial charge in [0.1, 0.15) is 17.5 Å². The monoisotopic (exact) mass is 509 g/mol. The van der Waals surface area contributed by atoms with Gasteiger partial charge >= 0.3 is 0 Å². The van der Waals surface area contributed by atoms with Gasteiger partial charge in [-0.15, -0.1) is 0 Å². The fraction of sp³-hybridized carbons (Fsp3) is 0.409. The van der Waals surface area contributed by atoms with E-state index in [1.54, 1.807) is 12.1 Å². The van der Waals surface area contributed by atoms with Crippen LogP contribution in [0.15, 0.2) is 58.3 Å². The number of primary amides is 1. The molecule has 2 aliphatic heterocycles. The molecule has 2 fully saturated rings. The highest BCUT2D eigenvalue weighted by molar-refractivity contribution is 7.89. The van der Waals surface area contributed by atoms with Crippen LogP contribution in [-0.2, 0) is 24.8 Å². The molecular weight excluding hydrogens is 482 g/mol. The van der Waals surface area contributed by atoms with Gasteiger partial charge in [0.2, 0.25) is 26.0 Å². The number of benzene rings is 2. The number of piperidine rings is 1. The number of sulfonamides is 2. The standard InChI is InChI=1S/C22H27N3O7S2/c1-31-16-3-7-18(8-4-16)33(27,28)24-12-11-15-13-20(22(23)26)25(21(15)14-24)34(29,30)19-9-5-17(32-2)6-10-19/h3-10,15,20-21H,11-14H2,1-2H3,(H2,23,26). The number of fused-ring (bicyclic) bond motifs is 1. The van der Waals surface area contributed by atoms with Crippen LogP contribution in [0.3, 0.4) is 0 Å². The second kappa shape index (κ2) is 9.17. The molecule has 0 radical (unpaired) electrons. The van der Waals surface area contributed by atoms with Crippen molar-refractivity contribution in [3.63, 3.8) is 0 Å².